The van der Waals surface area contributed by atoms with E-state index in [1.807, 2.05) is 51.1 Å². The molecule has 0 bridgehead atoms. The number of carboxylic acid groups (broad SMARTS) is 1. The second kappa shape index (κ2) is 34.0. The first kappa shape index (κ1) is 69.0. The summed E-state index contributed by atoms with van der Waals surface area (Å²) in [6.07, 6.45) is -1.41. The number of hydrogen-bond donors (Lipinski definition) is 4. The van der Waals surface area contributed by atoms with Gasteiger partial charge in [-0.05, 0) is 80.6 Å². The number of carbonyl (C=O) groups is 4. The van der Waals surface area contributed by atoms with Gasteiger partial charge in [0, 0.05) is 38.9 Å². The minimum atomic E-state index is -4.84. The van der Waals surface area contributed by atoms with E-state index in [0.29, 0.717) is 52.0 Å². The number of aryl methyl sites for hydroxylation is 3. The zero-order valence-corrected chi connectivity index (χ0v) is 47.0. The predicted molar refractivity (Wildman–Crippen MR) is 290 cm³/mol. The standard InChI is InChI=1S/C25H25F3N2O6.C15H22ClNO2.C8H11Cl2NO.C3H8NO5P/c1-5-16-6-7-17(20(12-16)36-15(2)23(32)34-4)14-35-19-10-8-18(9-11-19)30-22(31)13-21(25(26,27)28)29(3)24(30)33;1-5-13-8-6-7-11(2)15(13)17(14(18)9-16)12(3)10-19-4;1-3-5-11(6-4-2)8(12)7(9)10;5-3(6)1-4-2-10(7,8)9/h6-13,15H,5,14H2,1-4H3;6-8,12H,5,9-10H2,1-4H3;3-4,7H,1-2,5-6H2;4H,1-2H2,(H,5,6)(H2,7,8,9). The van der Waals surface area contributed by atoms with Crippen LogP contribution >= 0.6 is 42.4 Å². The molecule has 0 aliphatic rings. The van der Waals surface area contributed by atoms with Gasteiger partial charge in [-0.3, -0.25) is 33.6 Å². The number of carboxylic acids is 1. The maximum absolute atomic E-state index is 13.1. The predicted octanol–water partition coefficient (Wildman–Crippen LogP) is 7.59. The van der Waals surface area contributed by atoms with Crippen molar-refractivity contribution in [3.8, 4) is 17.2 Å². The van der Waals surface area contributed by atoms with Crippen molar-refractivity contribution in [3.63, 3.8) is 0 Å². The number of para-hydroxylation sites is 1. The summed E-state index contributed by atoms with van der Waals surface area (Å²) in [4.78, 5) is 88.2. The number of benzene rings is 3. The molecule has 3 aromatic carbocycles. The number of aromatic nitrogens is 2. The van der Waals surface area contributed by atoms with Crippen molar-refractivity contribution in [2.45, 2.75) is 77.2 Å². The van der Waals surface area contributed by atoms with Gasteiger partial charge in [-0.15, -0.1) is 24.8 Å². The Kier molecular flexibility index (Phi) is 30.5. The zero-order chi connectivity index (χ0) is 58.8. The second-order valence-corrected chi connectivity index (χ2v) is 19.3. The van der Waals surface area contributed by atoms with Gasteiger partial charge in [0.15, 0.2) is 10.9 Å². The molecule has 77 heavy (non-hydrogen) atoms. The molecule has 4 N–H and O–H groups in total. The number of aliphatic carboxylic acids is 1. The first-order valence-corrected chi connectivity index (χ1v) is 26.5. The number of rotatable bonds is 23. The molecule has 1 heterocycles. The van der Waals surface area contributed by atoms with Gasteiger partial charge in [0.25, 0.3) is 11.5 Å². The third-order valence-electron chi connectivity index (χ3n) is 10.4. The van der Waals surface area contributed by atoms with E-state index in [9.17, 15) is 46.5 Å². The summed E-state index contributed by atoms with van der Waals surface area (Å²) in [6.45, 7) is 17.6. The van der Waals surface area contributed by atoms with E-state index in [1.54, 1.807) is 31.1 Å². The van der Waals surface area contributed by atoms with E-state index in [1.165, 1.54) is 36.3 Å². The Bertz CT molecular complexity index is 2750. The van der Waals surface area contributed by atoms with Crippen LogP contribution in [0.5, 0.6) is 11.5 Å². The first-order chi connectivity index (χ1) is 36.1. The van der Waals surface area contributed by atoms with E-state index in [4.69, 9.17) is 68.6 Å². The van der Waals surface area contributed by atoms with Crippen LogP contribution in [-0.2, 0) is 65.9 Å². The van der Waals surface area contributed by atoms with Crippen molar-refractivity contribution >= 4 is 71.8 Å². The Morgan fingerprint density at radius 2 is 1.53 bits per heavy atom. The Hall–Kier alpha value is -5.97. The van der Waals surface area contributed by atoms with Gasteiger partial charge in [0.1, 0.15) is 29.7 Å². The average Bonchev–Trinajstić information content (AvgIpc) is 3.37. The summed E-state index contributed by atoms with van der Waals surface area (Å²) in [5.41, 5.74) is 1.41. The van der Waals surface area contributed by atoms with Crippen LogP contribution in [0.4, 0.5) is 18.9 Å². The third-order valence-corrected chi connectivity index (χ3v) is 11.7. The fourth-order valence-electron chi connectivity index (χ4n) is 6.77. The number of anilines is 1. The van der Waals surface area contributed by atoms with Crippen LogP contribution in [0.25, 0.3) is 5.69 Å². The van der Waals surface area contributed by atoms with Crippen LogP contribution in [0.15, 0.2) is 102 Å². The molecule has 0 fully saturated rings. The molecule has 26 heteroatoms. The molecule has 0 spiro atoms. The van der Waals surface area contributed by atoms with Crippen molar-refractivity contribution in [1.29, 1.82) is 0 Å². The summed E-state index contributed by atoms with van der Waals surface area (Å²) in [5, 5.41) is 10.1. The highest BCUT2D eigenvalue weighted by Gasteiger charge is 2.35. The highest BCUT2D eigenvalue weighted by Crippen LogP contribution is 2.32. The van der Waals surface area contributed by atoms with Crippen LogP contribution in [0.2, 0.25) is 0 Å². The number of esters is 1. The van der Waals surface area contributed by atoms with Crippen LogP contribution in [0, 0.1) is 6.92 Å². The van der Waals surface area contributed by atoms with E-state index < -0.39 is 66.4 Å². The molecule has 0 aliphatic heterocycles. The molecule has 2 unspecified atom stereocenters. The molecule has 0 saturated carbocycles. The number of methoxy groups -OCH3 is 2. The van der Waals surface area contributed by atoms with Gasteiger partial charge in [-0.2, -0.15) is 13.2 Å². The normalized spacial score (nSPS) is 11.7. The summed E-state index contributed by atoms with van der Waals surface area (Å²) >= 11 is 16.6. The number of carbonyl (C=O) groups excluding carboxylic acids is 3. The quantitative estimate of drug-likeness (QED) is 0.0242. The van der Waals surface area contributed by atoms with Gasteiger partial charge in [0.2, 0.25) is 5.91 Å². The lowest BCUT2D eigenvalue weighted by atomic mass is 10.0. The van der Waals surface area contributed by atoms with E-state index >= 15 is 0 Å². The van der Waals surface area contributed by atoms with Crippen molar-refractivity contribution in [1.82, 2.24) is 19.4 Å². The molecule has 2 amide bonds. The monoisotopic (exact) mass is 1170 g/mol. The number of alkyl halides is 6. The van der Waals surface area contributed by atoms with Crippen molar-refractivity contribution in [2.75, 3.05) is 57.5 Å². The lowest BCUT2D eigenvalue weighted by molar-refractivity contribution is -0.148. The van der Waals surface area contributed by atoms with Gasteiger partial charge >= 0.3 is 31.4 Å². The number of amides is 2. The van der Waals surface area contributed by atoms with Crippen molar-refractivity contribution < 1.29 is 70.8 Å². The number of halogens is 6. The van der Waals surface area contributed by atoms with Gasteiger partial charge < -0.3 is 43.6 Å². The average molecular weight is 1170 g/mol. The summed E-state index contributed by atoms with van der Waals surface area (Å²) in [5.74, 6) is -1.26. The molecule has 426 valence electrons. The Balaban J connectivity index is 0.000000600. The van der Waals surface area contributed by atoms with E-state index in [-0.39, 0.29) is 36.0 Å². The Morgan fingerprint density at radius 1 is 0.922 bits per heavy atom. The van der Waals surface area contributed by atoms with Crippen LogP contribution in [0.1, 0.15) is 55.6 Å². The largest absolute Gasteiger partial charge is 0.489 e. The molecule has 19 nitrogen and oxygen atoms in total. The molecular formula is C51H66Cl3F3N5O14P. The van der Waals surface area contributed by atoms with E-state index in [0.717, 1.165) is 42.3 Å². The molecule has 2 atom stereocenters. The lowest BCUT2D eigenvalue weighted by Crippen LogP contribution is -2.43. The molecule has 0 radical (unpaired) electrons. The molecule has 4 aromatic rings. The van der Waals surface area contributed by atoms with Gasteiger partial charge in [0.05, 0.1) is 44.0 Å². The summed E-state index contributed by atoms with van der Waals surface area (Å²) < 4.78 is 71.7. The minimum absolute atomic E-state index is 0.0223. The highest BCUT2D eigenvalue weighted by atomic mass is 35.5. The molecule has 0 saturated heterocycles. The number of hydrogen-bond acceptors (Lipinski definition) is 12. The molecule has 0 aliphatic carbocycles. The summed E-state index contributed by atoms with van der Waals surface area (Å²) in [7, 11) is -0.241. The van der Waals surface area contributed by atoms with E-state index in [2.05, 4.69) is 31.5 Å². The van der Waals surface area contributed by atoms with Crippen LogP contribution in [-0.4, -0.2) is 122 Å². The smallest absolute Gasteiger partial charge is 0.431 e. The molecular weight excluding hydrogens is 1100 g/mol. The third kappa shape index (κ3) is 23.3. The number of nitrogens with one attached hydrogen (secondary N) is 1. The van der Waals surface area contributed by atoms with Gasteiger partial charge in [-0.25, -0.2) is 14.2 Å². The highest BCUT2D eigenvalue weighted by molar-refractivity contribution is 7.51. The van der Waals surface area contributed by atoms with Gasteiger partial charge in [-0.1, -0.05) is 79.5 Å². The zero-order valence-electron chi connectivity index (χ0n) is 43.9. The van der Waals surface area contributed by atoms with Crippen molar-refractivity contribution in [2.24, 2.45) is 7.05 Å². The lowest BCUT2D eigenvalue weighted by Gasteiger charge is -2.31. The first-order valence-electron chi connectivity index (χ1n) is 23.3. The van der Waals surface area contributed by atoms with Crippen LogP contribution < -0.4 is 30.9 Å². The topological polar surface area (TPSA) is 245 Å². The molecule has 1 aromatic heterocycles. The fourth-order valence-corrected chi connectivity index (χ4v) is 7.58. The second-order valence-electron chi connectivity index (χ2n) is 16.3. The fraction of sp³-hybridized carbons (Fsp3) is 0.412. The number of ether oxygens (including phenoxy) is 4. The van der Waals surface area contributed by atoms with Crippen molar-refractivity contribution in [3.05, 3.63) is 141 Å². The summed E-state index contributed by atoms with van der Waals surface area (Å²) in [6, 6.07) is 17.7. The Labute approximate surface area is 459 Å². The maximum atomic E-state index is 13.1. The Morgan fingerprint density at radius 3 is 2.01 bits per heavy atom. The number of nitrogens with zero attached hydrogens (tertiary/aromatic N) is 4. The SMILES string of the molecule is C=CCN(CC=C)C(=O)C(Cl)Cl.CCc1ccc(COc2ccc(-n3c(=O)cc(C(F)(F)F)n(C)c3=O)cc2)c(OC(C)C(=O)OC)c1.CCc1cccc(C)c1N(C(=O)CCl)C(C)COC.O=C(O)CNCP(=O)(O)O. The minimum Gasteiger partial charge on any atom is -0.489 e. The maximum Gasteiger partial charge on any atom is 0.431 e. The molecule has 4 rings (SSSR count). The van der Waals surface area contributed by atoms with Crippen LogP contribution in [0.3, 0.4) is 0 Å².